The van der Waals surface area contributed by atoms with E-state index in [-0.39, 0.29) is 11.3 Å². The van der Waals surface area contributed by atoms with Gasteiger partial charge in [0.2, 0.25) is 0 Å². The molecule has 1 fully saturated rings. The lowest BCUT2D eigenvalue weighted by Crippen LogP contribution is -2.29. The van der Waals surface area contributed by atoms with Crippen LogP contribution < -0.4 is 9.64 Å². The normalized spacial score (nSPS) is 17.2. The zero-order chi connectivity index (χ0) is 23.5. The van der Waals surface area contributed by atoms with E-state index in [0.717, 1.165) is 0 Å². The van der Waals surface area contributed by atoms with Crippen molar-refractivity contribution in [1.29, 1.82) is 0 Å². The molecular formula is C26H21NO6. The van der Waals surface area contributed by atoms with Crippen LogP contribution in [0, 0.1) is 0 Å². The Bertz CT molecular complexity index is 1230. The van der Waals surface area contributed by atoms with Gasteiger partial charge in [0.15, 0.2) is 0 Å². The lowest BCUT2D eigenvalue weighted by Gasteiger charge is -2.25. The molecule has 1 heterocycles. The molecule has 0 radical (unpaired) electrons. The molecule has 3 aromatic rings. The number of Topliss-reactive ketones (excluding diaryl/α,β-unsaturated/α-hetero) is 1. The molecule has 1 atom stereocenters. The smallest absolute Gasteiger partial charge is 0.337 e. The number of nitrogens with zero attached hydrogens (tertiary/aromatic N) is 1. The number of rotatable bonds is 5. The van der Waals surface area contributed by atoms with Gasteiger partial charge in [-0.15, -0.1) is 0 Å². The SMILES string of the molecule is COC(=O)c1ccc(N2C(=O)C(=O)/C(=C(/O)c3ccccc3)C2c2ccc(OC)cc2)cc1. The summed E-state index contributed by atoms with van der Waals surface area (Å²) in [5.41, 5.74) is 1.73. The molecule has 1 N–H and O–H groups in total. The van der Waals surface area contributed by atoms with Gasteiger partial charge in [0.25, 0.3) is 11.7 Å². The molecule has 166 valence electrons. The number of methoxy groups -OCH3 is 2. The summed E-state index contributed by atoms with van der Waals surface area (Å²) >= 11 is 0. The standard InChI is InChI=1S/C26H21NO6/c1-32-20-14-10-16(11-15-20)22-21(23(28)17-6-4-3-5-7-17)24(29)25(30)27(22)19-12-8-18(9-13-19)26(31)33-2/h3-15,22,28H,1-2H3/b23-21+. The summed E-state index contributed by atoms with van der Waals surface area (Å²) in [5.74, 6) is -1.74. The predicted molar refractivity (Wildman–Crippen MR) is 122 cm³/mol. The van der Waals surface area contributed by atoms with Crippen LogP contribution in [0.4, 0.5) is 5.69 Å². The monoisotopic (exact) mass is 443 g/mol. The highest BCUT2D eigenvalue weighted by molar-refractivity contribution is 6.51. The van der Waals surface area contributed by atoms with E-state index >= 15 is 0 Å². The molecule has 3 aromatic carbocycles. The second-order valence-electron chi connectivity index (χ2n) is 7.35. The van der Waals surface area contributed by atoms with E-state index in [9.17, 15) is 19.5 Å². The van der Waals surface area contributed by atoms with E-state index in [2.05, 4.69) is 0 Å². The van der Waals surface area contributed by atoms with E-state index in [4.69, 9.17) is 9.47 Å². The molecule has 0 aliphatic carbocycles. The molecule has 0 saturated carbocycles. The van der Waals surface area contributed by atoms with Crippen molar-refractivity contribution < 1.29 is 29.0 Å². The molecule has 1 unspecified atom stereocenters. The van der Waals surface area contributed by atoms with Crippen LogP contribution >= 0.6 is 0 Å². The highest BCUT2D eigenvalue weighted by atomic mass is 16.5. The molecule has 1 amide bonds. The molecule has 0 aromatic heterocycles. The molecule has 7 heteroatoms. The number of carbonyl (C=O) groups is 3. The molecule has 0 spiro atoms. The number of ether oxygens (including phenoxy) is 2. The zero-order valence-corrected chi connectivity index (χ0v) is 18.0. The van der Waals surface area contributed by atoms with Crippen LogP contribution in [0.5, 0.6) is 5.75 Å². The molecule has 33 heavy (non-hydrogen) atoms. The van der Waals surface area contributed by atoms with Crippen LogP contribution in [-0.4, -0.2) is 37.0 Å². The van der Waals surface area contributed by atoms with E-state index < -0.39 is 23.7 Å². The van der Waals surface area contributed by atoms with E-state index in [1.807, 2.05) is 0 Å². The van der Waals surface area contributed by atoms with Gasteiger partial charge in [-0.25, -0.2) is 4.79 Å². The van der Waals surface area contributed by atoms with Gasteiger partial charge in [-0.1, -0.05) is 42.5 Å². The number of hydrogen-bond acceptors (Lipinski definition) is 6. The summed E-state index contributed by atoms with van der Waals surface area (Å²) in [6.07, 6.45) is 0. The Kier molecular flexibility index (Phi) is 5.95. The van der Waals surface area contributed by atoms with Gasteiger partial charge < -0.3 is 14.6 Å². The minimum atomic E-state index is -0.875. The Labute approximate surface area is 190 Å². The third-order valence-electron chi connectivity index (χ3n) is 5.49. The summed E-state index contributed by atoms with van der Waals surface area (Å²) in [6, 6.07) is 20.8. The van der Waals surface area contributed by atoms with Crippen LogP contribution in [0.15, 0.2) is 84.4 Å². The number of esters is 1. The molecule has 0 bridgehead atoms. The average molecular weight is 443 g/mol. The molecule has 1 aliphatic rings. The summed E-state index contributed by atoms with van der Waals surface area (Å²) in [6.45, 7) is 0. The number of aliphatic hydroxyl groups is 1. The first-order valence-corrected chi connectivity index (χ1v) is 10.1. The van der Waals surface area contributed by atoms with Crippen molar-refractivity contribution in [2.45, 2.75) is 6.04 Å². The quantitative estimate of drug-likeness (QED) is 0.276. The minimum absolute atomic E-state index is 0.0200. The number of ketones is 1. The van der Waals surface area contributed by atoms with Crippen LogP contribution in [0.25, 0.3) is 5.76 Å². The van der Waals surface area contributed by atoms with E-state index in [0.29, 0.717) is 28.1 Å². The topological polar surface area (TPSA) is 93.1 Å². The first kappa shape index (κ1) is 21.8. The molecular weight excluding hydrogens is 422 g/mol. The van der Waals surface area contributed by atoms with Crippen molar-refractivity contribution in [2.75, 3.05) is 19.1 Å². The zero-order valence-electron chi connectivity index (χ0n) is 18.0. The number of carbonyl (C=O) groups excluding carboxylic acids is 3. The molecule has 7 nitrogen and oxygen atoms in total. The Balaban J connectivity index is 1.88. The summed E-state index contributed by atoms with van der Waals surface area (Å²) in [7, 11) is 2.82. The first-order chi connectivity index (χ1) is 16.0. The van der Waals surface area contributed by atoms with Crippen molar-refractivity contribution in [3.05, 3.63) is 101 Å². The minimum Gasteiger partial charge on any atom is -0.507 e. The maximum absolute atomic E-state index is 13.1. The average Bonchev–Trinajstić information content (AvgIpc) is 3.14. The van der Waals surface area contributed by atoms with Gasteiger partial charge in [-0.2, -0.15) is 0 Å². The van der Waals surface area contributed by atoms with Crippen molar-refractivity contribution in [3.8, 4) is 5.75 Å². The predicted octanol–water partition coefficient (Wildman–Crippen LogP) is 4.11. The maximum atomic E-state index is 13.1. The number of benzene rings is 3. The van der Waals surface area contributed by atoms with Crippen LogP contribution in [-0.2, 0) is 14.3 Å². The van der Waals surface area contributed by atoms with Gasteiger partial charge in [-0.05, 0) is 42.0 Å². The maximum Gasteiger partial charge on any atom is 0.337 e. The van der Waals surface area contributed by atoms with Gasteiger partial charge in [0.1, 0.15) is 11.5 Å². The number of amides is 1. The van der Waals surface area contributed by atoms with E-state index in [1.165, 1.54) is 24.1 Å². The third kappa shape index (κ3) is 3.96. The van der Waals surface area contributed by atoms with Crippen molar-refractivity contribution in [1.82, 2.24) is 0 Å². The van der Waals surface area contributed by atoms with Gasteiger partial charge in [0, 0.05) is 11.3 Å². The molecule has 4 rings (SSSR count). The second kappa shape index (κ2) is 9.00. The summed E-state index contributed by atoms with van der Waals surface area (Å²) in [4.78, 5) is 39.4. The number of aliphatic hydroxyl groups excluding tert-OH is 1. The van der Waals surface area contributed by atoms with Crippen molar-refractivity contribution in [3.63, 3.8) is 0 Å². The Hall–Kier alpha value is -4.39. The second-order valence-corrected chi connectivity index (χ2v) is 7.35. The van der Waals surface area contributed by atoms with Gasteiger partial charge in [0.05, 0.1) is 31.4 Å². The fraction of sp³-hybridized carbons (Fsp3) is 0.115. The lowest BCUT2D eigenvalue weighted by atomic mass is 9.95. The number of hydrogen-bond donors (Lipinski definition) is 1. The third-order valence-corrected chi connectivity index (χ3v) is 5.49. The Morgan fingerprint density at radius 3 is 2.06 bits per heavy atom. The van der Waals surface area contributed by atoms with E-state index in [1.54, 1.807) is 73.8 Å². The van der Waals surface area contributed by atoms with Crippen LogP contribution in [0.2, 0.25) is 0 Å². The lowest BCUT2D eigenvalue weighted by molar-refractivity contribution is -0.132. The summed E-state index contributed by atoms with van der Waals surface area (Å²) in [5, 5.41) is 11.0. The Morgan fingerprint density at radius 1 is 0.848 bits per heavy atom. The Morgan fingerprint density at radius 2 is 1.48 bits per heavy atom. The molecule has 1 aliphatic heterocycles. The molecule has 1 saturated heterocycles. The van der Waals surface area contributed by atoms with Gasteiger partial charge >= 0.3 is 5.97 Å². The van der Waals surface area contributed by atoms with Gasteiger partial charge in [-0.3, -0.25) is 14.5 Å². The first-order valence-electron chi connectivity index (χ1n) is 10.1. The highest BCUT2D eigenvalue weighted by Gasteiger charge is 2.47. The largest absolute Gasteiger partial charge is 0.507 e. The highest BCUT2D eigenvalue weighted by Crippen LogP contribution is 2.42. The van der Waals surface area contributed by atoms with Crippen LogP contribution in [0.1, 0.15) is 27.5 Å². The van der Waals surface area contributed by atoms with Crippen molar-refractivity contribution >= 4 is 29.1 Å². The fourth-order valence-electron chi connectivity index (χ4n) is 3.83. The van der Waals surface area contributed by atoms with Crippen LogP contribution in [0.3, 0.4) is 0 Å². The summed E-state index contributed by atoms with van der Waals surface area (Å²) < 4.78 is 9.95. The number of anilines is 1. The van der Waals surface area contributed by atoms with Crippen molar-refractivity contribution in [2.24, 2.45) is 0 Å². The fourth-order valence-corrected chi connectivity index (χ4v) is 3.83.